The summed E-state index contributed by atoms with van der Waals surface area (Å²) in [5, 5.41) is 15.5. The molecular formula is C13H19FN2O2. The molecule has 0 saturated carbocycles. The molecule has 3 N–H and O–H groups in total. The van der Waals surface area contributed by atoms with Gasteiger partial charge in [0.1, 0.15) is 5.82 Å². The summed E-state index contributed by atoms with van der Waals surface area (Å²) in [4.78, 5) is 11.1. The Hall–Kier alpha value is -1.46. The third-order valence-corrected chi connectivity index (χ3v) is 2.50. The number of aliphatic hydroxyl groups excluding tert-OH is 1. The number of nitrogens with one attached hydrogen (secondary N) is 2. The van der Waals surface area contributed by atoms with E-state index < -0.39 is 6.10 Å². The summed E-state index contributed by atoms with van der Waals surface area (Å²) in [6.45, 7) is 3.33. The van der Waals surface area contributed by atoms with Crippen LogP contribution < -0.4 is 10.6 Å². The van der Waals surface area contributed by atoms with Crippen molar-refractivity contribution in [1.82, 2.24) is 10.6 Å². The van der Waals surface area contributed by atoms with Crippen LogP contribution in [-0.2, 0) is 4.79 Å². The minimum atomic E-state index is -0.695. The number of rotatable bonds is 7. The highest BCUT2D eigenvalue weighted by Crippen LogP contribution is 2.12. The summed E-state index contributed by atoms with van der Waals surface area (Å²) < 4.78 is 12.7. The summed E-state index contributed by atoms with van der Waals surface area (Å²) in [7, 11) is 0. The summed E-state index contributed by atoms with van der Waals surface area (Å²) in [5.74, 6) is -0.337. The second kappa shape index (κ2) is 7.79. The zero-order valence-corrected chi connectivity index (χ0v) is 10.4. The number of halogens is 1. The van der Waals surface area contributed by atoms with E-state index in [1.165, 1.54) is 12.1 Å². The fraction of sp³-hybridized carbons (Fsp3) is 0.462. The normalized spacial score (nSPS) is 12.2. The van der Waals surface area contributed by atoms with E-state index in [0.29, 0.717) is 31.6 Å². The Balaban J connectivity index is 2.23. The van der Waals surface area contributed by atoms with Crippen molar-refractivity contribution in [2.75, 3.05) is 19.6 Å². The van der Waals surface area contributed by atoms with Crippen molar-refractivity contribution in [1.29, 1.82) is 0 Å². The van der Waals surface area contributed by atoms with Gasteiger partial charge in [0.05, 0.1) is 6.10 Å². The first-order chi connectivity index (χ1) is 8.63. The Kier molecular flexibility index (Phi) is 6.32. The third kappa shape index (κ3) is 5.25. The smallest absolute Gasteiger partial charge is 0.221 e. The van der Waals surface area contributed by atoms with Gasteiger partial charge in [-0.25, -0.2) is 4.39 Å². The van der Waals surface area contributed by atoms with E-state index in [1.54, 1.807) is 12.1 Å². The minimum absolute atomic E-state index is 0.0127. The van der Waals surface area contributed by atoms with Crippen LogP contribution in [0.5, 0.6) is 0 Å². The molecule has 0 fully saturated rings. The number of aliphatic hydroxyl groups is 1. The highest BCUT2D eigenvalue weighted by molar-refractivity contribution is 5.75. The number of benzene rings is 1. The predicted molar refractivity (Wildman–Crippen MR) is 67.5 cm³/mol. The first kappa shape index (κ1) is 14.6. The highest BCUT2D eigenvalue weighted by atomic mass is 19.1. The van der Waals surface area contributed by atoms with Gasteiger partial charge < -0.3 is 15.7 Å². The van der Waals surface area contributed by atoms with Gasteiger partial charge in [-0.15, -0.1) is 0 Å². The molecule has 4 nitrogen and oxygen atoms in total. The topological polar surface area (TPSA) is 61.4 Å². The largest absolute Gasteiger partial charge is 0.387 e. The van der Waals surface area contributed by atoms with E-state index >= 15 is 0 Å². The number of carbonyl (C=O) groups excluding carboxylic acids is 1. The lowest BCUT2D eigenvalue weighted by atomic mass is 10.1. The average molecular weight is 254 g/mol. The van der Waals surface area contributed by atoms with Crippen LogP contribution in [0.2, 0.25) is 0 Å². The molecule has 0 radical (unpaired) electrons. The Morgan fingerprint density at radius 1 is 1.39 bits per heavy atom. The van der Waals surface area contributed by atoms with Gasteiger partial charge in [-0.3, -0.25) is 4.79 Å². The molecule has 1 amide bonds. The van der Waals surface area contributed by atoms with Gasteiger partial charge in [0.25, 0.3) is 0 Å². The predicted octanol–water partition coefficient (Wildman–Crippen LogP) is 0.975. The molecule has 100 valence electrons. The molecule has 0 aliphatic carbocycles. The first-order valence-electron chi connectivity index (χ1n) is 6.04. The molecule has 1 aromatic carbocycles. The summed E-state index contributed by atoms with van der Waals surface area (Å²) in [5.41, 5.74) is 0.655. The zero-order valence-electron chi connectivity index (χ0n) is 10.4. The van der Waals surface area contributed by atoms with Gasteiger partial charge in [-0.2, -0.15) is 0 Å². The van der Waals surface area contributed by atoms with Gasteiger partial charge in [-0.05, 0) is 24.6 Å². The maximum atomic E-state index is 12.7. The number of hydrogen-bond acceptors (Lipinski definition) is 3. The van der Waals surface area contributed by atoms with Gasteiger partial charge in [0.15, 0.2) is 0 Å². The molecule has 1 unspecified atom stereocenters. The van der Waals surface area contributed by atoms with Gasteiger partial charge in [0, 0.05) is 26.1 Å². The molecule has 0 aliphatic heterocycles. The molecule has 0 spiro atoms. The van der Waals surface area contributed by atoms with Gasteiger partial charge in [0.2, 0.25) is 5.91 Å². The van der Waals surface area contributed by atoms with Crippen LogP contribution in [0.15, 0.2) is 24.3 Å². The number of carbonyl (C=O) groups is 1. The number of amides is 1. The zero-order chi connectivity index (χ0) is 13.4. The van der Waals surface area contributed by atoms with E-state index in [2.05, 4.69) is 10.6 Å². The van der Waals surface area contributed by atoms with Crippen molar-refractivity contribution in [2.45, 2.75) is 19.4 Å². The van der Waals surface area contributed by atoms with Crippen LogP contribution in [-0.4, -0.2) is 30.6 Å². The highest BCUT2D eigenvalue weighted by Gasteiger charge is 2.07. The van der Waals surface area contributed by atoms with E-state index in [-0.39, 0.29) is 11.7 Å². The van der Waals surface area contributed by atoms with Crippen molar-refractivity contribution >= 4 is 5.91 Å². The fourth-order valence-corrected chi connectivity index (χ4v) is 1.53. The lowest BCUT2D eigenvalue weighted by Crippen LogP contribution is -2.29. The van der Waals surface area contributed by atoms with Gasteiger partial charge >= 0.3 is 0 Å². The monoisotopic (exact) mass is 254 g/mol. The molecule has 1 rings (SSSR count). The first-order valence-corrected chi connectivity index (χ1v) is 6.04. The summed E-state index contributed by atoms with van der Waals surface area (Å²) >= 11 is 0. The molecular weight excluding hydrogens is 235 g/mol. The van der Waals surface area contributed by atoms with E-state index in [4.69, 9.17) is 0 Å². The van der Waals surface area contributed by atoms with Crippen molar-refractivity contribution in [3.05, 3.63) is 35.6 Å². The van der Waals surface area contributed by atoms with Crippen LogP contribution in [0, 0.1) is 5.82 Å². The quantitative estimate of drug-likeness (QED) is 0.636. The van der Waals surface area contributed by atoms with E-state index in [1.807, 2.05) is 6.92 Å². The van der Waals surface area contributed by atoms with Crippen LogP contribution >= 0.6 is 0 Å². The maximum absolute atomic E-state index is 12.7. The van der Waals surface area contributed by atoms with E-state index in [9.17, 15) is 14.3 Å². The third-order valence-electron chi connectivity index (χ3n) is 2.50. The minimum Gasteiger partial charge on any atom is -0.387 e. The van der Waals surface area contributed by atoms with Crippen LogP contribution in [0.1, 0.15) is 25.0 Å². The lowest BCUT2D eigenvalue weighted by Gasteiger charge is -2.12. The SMILES string of the molecule is CCNC(=O)CCNCC(O)c1ccc(F)cc1. The Bertz CT molecular complexity index is 368. The maximum Gasteiger partial charge on any atom is 0.221 e. The van der Waals surface area contributed by atoms with Gasteiger partial charge in [-0.1, -0.05) is 12.1 Å². The summed E-state index contributed by atoms with van der Waals surface area (Å²) in [6, 6.07) is 5.72. The molecule has 0 bridgehead atoms. The second-order valence-corrected chi connectivity index (χ2v) is 3.97. The lowest BCUT2D eigenvalue weighted by molar-refractivity contribution is -0.120. The molecule has 0 aliphatic rings. The van der Waals surface area contributed by atoms with Crippen molar-refractivity contribution in [2.24, 2.45) is 0 Å². The van der Waals surface area contributed by atoms with Crippen molar-refractivity contribution in [3.63, 3.8) is 0 Å². The molecule has 0 saturated heterocycles. The fourth-order valence-electron chi connectivity index (χ4n) is 1.53. The molecule has 1 atom stereocenters. The van der Waals surface area contributed by atoms with Crippen LogP contribution in [0.25, 0.3) is 0 Å². The Morgan fingerprint density at radius 3 is 2.67 bits per heavy atom. The molecule has 1 aromatic rings. The standard InChI is InChI=1S/C13H19FN2O2/c1-2-16-13(18)7-8-15-9-12(17)10-3-5-11(14)6-4-10/h3-6,12,15,17H,2,7-9H2,1H3,(H,16,18). The Labute approximate surface area is 106 Å². The van der Waals surface area contributed by atoms with Crippen LogP contribution in [0.4, 0.5) is 4.39 Å². The molecule has 0 aromatic heterocycles. The van der Waals surface area contributed by atoms with E-state index in [0.717, 1.165) is 0 Å². The second-order valence-electron chi connectivity index (χ2n) is 3.97. The summed E-state index contributed by atoms with van der Waals surface area (Å²) in [6.07, 6.45) is -0.316. The van der Waals surface area contributed by atoms with Crippen molar-refractivity contribution in [3.8, 4) is 0 Å². The Morgan fingerprint density at radius 2 is 2.06 bits per heavy atom. The molecule has 5 heteroatoms. The number of hydrogen-bond donors (Lipinski definition) is 3. The molecule has 0 heterocycles. The molecule has 18 heavy (non-hydrogen) atoms. The average Bonchev–Trinajstić information content (AvgIpc) is 2.35. The van der Waals surface area contributed by atoms with Crippen LogP contribution in [0.3, 0.4) is 0 Å². The van der Waals surface area contributed by atoms with Crippen molar-refractivity contribution < 1.29 is 14.3 Å².